The van der Waals surface area contributed by atoms with Gasteiger partial charge in [0.1, 0.15) is 0 Å². The Hall–Kier alpha value is -0.910. The first kappa shape index (κ1) is 12.5. The van der Waals surface area contributed by atoms with Crippen molar-refractivity contribution in [1.29, 1.82) is 0 Å². The van der Waals surface area contributed by atoms with E-state index in [2.05, 4.69) is 23.8 Å². The second-order valence-corrected chi connectivity index (χ2v) is 4.74. The molecule has 1 aliphatic rings. The zero-order chi connectivity index (χ0) is 12.4. The summed E-state index contributed by atoms with van der Waals surface area (Å²) in [6.07, 6.45) is 0.182. The van der Waals surface area contributed by atoms with Gasteiger partial charge in [-0.1, -0.05) is 0 Å². The first-order valence-electron chi connectivity index (χ1n) is 6.15. The van der Waals surface area contributed by atoms with Crippen LogP contribution in [0.1, 0.15) is 17.0 Å². The van der Waals surface area contributed by atoms with E-state index in [-0.39, 0.29) is 6.10 Å². The molecule has 1 atom stereocenters. The molecule has 1 fully saturated rings. The van der Waals surface area contributed by atoms with Gasteiger partial charge in [-0.05, 0) is 13.8 Å². The predicted octanol–water partition coefficient (Wildman–Crippen LogP) is 0.196. The van der Waals surface area contributed by atoms with Gasteiger partial charge in [-0.25, -0.2) is 0 Å². The molecule has 0 radical (unpaired) electrons. The van der Waals surface area contributed by atoms with Crippen LogP contribution in [0.3, 0.4) is 0 Å². The standard InChI is InChI=1S/C12H22N4O/c1-9-12(10(2)15(3)14-9)8-16-4-5-17-11(6-13)7-16/h11H,4-8,13H2,1-3H3. The summed E-state index contributed by atoms with van der Waals surface area (Å²) in [5.74, 6) is 0. The van der Waals surface area contributed by atoms with Crippen LogP contribution < -0.4 is 5.73 Å². The number of morpholine rings is 1. The lowest BCUT2D eigenvalue weighted by molar-refractivity contribution is -0.0261. The summed E-state index contributed by atoms with van der Waals surface area (Å²) < 4.78 is 7.52. The zero-order valence-corrected chi connectivity index (χ0v) is 10.9. The predicted molar refractivity (Wildman–Crippen MR) is 66.8 cm³/mol. The molecule has 96 valence electrons. The van der Waals surface area contributed by atoms with E-state index in [0.717, 1.165) is 31.9 Å². The van der Waals surface area contributed by atoms with Gasteiger partial charge in [0.15, 0.2) is 0 Å². The smallest absolute Gasteiger partial charge is 0.0824 e. The normalized spacial score (nSPS) is 22.0. The Morgan fingerprint density at radius 1 is 1.47 bits per heavy atom. The largest absolute Gasteiger partial charge is 0.374 e. The summed E-state index contributed by atoms with van der Waals surface area (Å²) in [4.78, 5) is 2.40. The highest BCUT2D eigenvalue weighted by molar-refractivity contribution is 5.24. The van der Waals surface area contributed by atoms with Crippen molar-refractivity contribution >= 4 is 0 Å². The number of nitrogens with two attached hydrogens (primary N) is 1. The Labute approximate surface area is 103 Å². The lowest BCUT2D eigenvalue weighted by Crippen LogP contribution is -2.45. The molecule has 1 unspecified atom stereocenters. The zero-order valence-electron chi connectivity index (χ0n) is 10.9. The molecular weight excluding hydrogens is 216 g/mol. The highest BCUT2D eigenvalue weighted by Gasteiger charge is 2.21. The van der Waals surface area contributed by atoms with E-state index < -0.39 is 0 Å². The van der Waals surface area contributed by atoms with Crippen LogP contribution in [0.2, 0.25) is 0 Å². The van der Waals surface area contributed by atoms with Gasteiger partial charge in [0.2, 0.25) is 0 Å². The Morgan fingerprint density at radius 3 is 2.82 bits per heavy atom. The molecule has 0 aromatic carbocycles. The van der Waals surface area contributed by atoms with Crippen molar-refractivity contribution in [2.45, 2.75) is 26.5 Å². The topological polar surface area (TPSA) is 56.3 Å². The van der Waals surface area contributed by atoms with Crippen molar-refractivity contribution in [2.75, 3.05) is 26.2 Å². The third-order valence-electron chi connectivity index (χ3n) is 3.53. The first-order valence-corrected chi connectivity index (χ1v) is 6.15. The fraction of sp³-hybridized carbons (Fsp3) is 0.750. The van der Waals surface area contributed by atoms with Crippen molar-refractivity contribution in [1.82, 2.24) is 14.7 Å². The van der Waals surface area contributed by atoms with Crippen molar-refractivity contribution in [3.8, 4) is 0 Å². The molecule has 1 aromatic rings. The lowest BCUT2D eigenvalue weighted by atomic mass is 10.1. The molecule has 2 heterocycles. The molecule has 1 aromatic heterocycles. The lowest BCUT2D eigenvalue weighted by Gasteiger charge is -2.32. The van der Waals surface area contributed by atoms with Crippen LogP contribution in [0, 0.1) is 13.8 Å². The second kappa shape index (κ2) is 5.16. The Balaban J connectivity index is 2.05. The number of aryl methyl sites for hydroxylation is 2. The molecule has 5 nitrogen and oxygen atoms in total. The summed E-state index contributed by atoms with van der Waals surface area (Å²) >= 11 is 0. The maximum atomic E-state index is 5.65. The van der Waals surface area contributed by atoms with E-state index in [1.54, 1.807) is 0 Å². The molecule has 0 bridgehead atoms. The fourth-order valence-electron chi connectivity index (χ4n) is 2.34. The number of hydrogen-bond acceptors (Lipinski definition) is 4. The second-order valence-electron chi connectivity index (χ2n) is 4.74. The van der Waals surface area contributed by atoms with E-state index >= 15 is 0 Å². The quantitative estimate of drug-likeness (QED) is 0.817. The Morgan fingerprint density at radius 2 is 2.24 bits per heavy atom. The van der Waals surface area contributed by atoms with Crippen molar-refractivity contribution in [3.63, 3.8) is 0 Å². The van der Waals surface area contributed by atoms with Gasteiger partial charge in [-0.3, -0.25) is 9.58 Å². The molecule has 0 aliphatic carbocycles. The maximum absolute atomic E-state index is 5.65. The van der Waals surface area contributed by atoms with Crippen molar-refractivity contribution in [2.24, 2.45) is 12.8 Å². The van der Waals surface area contributed by atoms with Gasteiger partial charge in [0, 0.05) is 44.5 Å². The minimum Gasteiger partial charge on any atom is -0.374 e. The Kier molecular flexibility index (Phi) is 3.81. The summed E-state index contributed by atoms with van der Waals surface area (Å²) in [6.45, 7) is 8.42. The highest BCUT2D eigenvalue weighted by atomic mass is 16.5. The molecule has 0 amide bonds. The van der Waals surface area contributed by atoms with Gasteiger partial charge in [-0.2, -0.15) is 5.10 Å². The van der Waals surface area contributed by atoms with Crippen LogP contribution >= 0.6 is 0 Å². The number of nitrogens with zero attached hydrogens (tertiary/aromatic N) is 3. The molecule has 17 heavy (non-hydrogen) atoms. The molecular formula is C12H22N4O. The molecule has 0 saturated carbocycles. The average Bonchev–Trinajstić information content (AvgIpc) is 2.56. The van der Waals surface area contributed by atoms with E-state index in [0.29, 0.717) is 6.54 Å². The van der Waals surface area contributed by atoms with Gasteiger partial charge in [0.25, 0.3) is 0 Å². The van der Waals surface area contributed by atoms with E-state index in [1.807, 2.05) is 11.7 Å². The van der Waals surface area contributed by atoms with Crippen molar-refractivity contribution in [3.05, 3.63) is 17.0 Å². The number of aromatic nitrogens is 2. The summed E-state index contributed by atoms with van der Waals surface area (Å²) in [5, 5.41) is 4.45. The molecule has 5 heteroatoms. The van der Waals surface area contributed by atoms with E-state index in [4.69, 9.17) is 10.5 Å². The van der Waals surface area contributed by atoms with E-state index in [9.17, 15) is 0 Å². The SMILES string of the molecule is Cc1nn(C)c(C)c1CN1CCOC(CN)C1. The van der Waals surface area contributed by atoms with Crippen LogP contribution in [0.4, 0.5) is 0 Å². The minimum atomic E-state index is 0.182. The summed E-state index contributed by atoms with van der Waals surface area (Å²) in [7, 11) is 1.99. The third kappa shape index (κ3) is 2.68. The summed E-state index contributed by atoms with van der Waals surface area (Å²) in [5.41, 5.74) is 9.37. The molecule has 1 saturated heterocycles. The fourth-order valence-corrected chi connectivity index (χ4v) is 2.34. The van der Waals surface area contributed by atoms with Gasteiger partial charge in [0.05, 0.1) is 18.4 Å². The number of ether oxygens (including phenoxy) is 1. The summed E-state index contributed by atoms with van der Waals surface area (Å²) in [6, 6.07) is 0. The van der Waals surface area contributed by atoms with E-state index in [1.165, 1.54) is 11.3 Å². The van der Waals surface area contributed by atoms with Gasteiger partial charge >= 0.3 is 0 Å². The van der Waals surface area contributed by atoms with Crippen LogP contribution in [0.15, 0.2) is 0 Å². The Bertz CT molecular complexity index is 388. The van der Waals surface area contributed by atoms with Crippen LogP contribution in [0.25, 0.3) is 0 Å². The maximum Gasteiger partial charge on any atom is 0.0824 e. The third-order valence-corrected chi connectivity index (χ3v) is 3.53. The van der Waals surface area contributed by atoms with Crippen molar-refractivity contribution < 1.29 is 4.74 Å². The highest BCUT2D eigenvalue weighted by Crippen LogP contribution is 2.16. The average molecular weight is 238 g/mol. The molecule has 1 aliphatic heterocycles. The minimum absolute atomic E-state index is 0.182. The number of hydrogen-bond donors (Lipinski definition) is 1. The molecule has 2 N–H and O–H groups in total. The van der Waals surface area contributed by atoms with Crippen LogP contribution in [0.5, 0.6) is 0 Å². The first-order chi connectivity index (χ1) is 8.11. The monoisotopic (exact) mass is 238 g/mol. The number of rotatable bonds is 3. The van der Waals surface area contributed by atoms with Gasteiger partial charge < -0.3 is 10.5 Å². The van der Waals surface area contributed by atoms with Crippen LogP contribution in [-0.4, -0.2) is 47.0 Å². The molecule has 2 rings (SSSR count). The molecule has 0 spiro atoms. The van der Waals surface area contributed by atoms with Crippen LogP contribution in [-0.2, 0) is 18.3 Å². The van der Waals surface area contributed by atoms with Gasteiger partial charge in [-0.15, -0.1) is 0 Å².